The standard InChI is InChI=1S/C14H19BrN4O/c1-9-5-10(15)7-11(6-9)17-13-19-18-12(20-13)8-16-14(2,3)4/h5-7,16H,8H2,1-4H3,(H,17,19). The van der Waals surface area contributed by atoms with Gasteiger partial charge in [0.05, 0.1) is 6.54 Å². The third kappa shape index (κ3) is 4.61. The highest BCUT2D eigenvalue weighted by molar-refractivity contribution is 9.10. The van der Waals surface area contributed by atoms with Crippen molar-refractivity contribution in [1.29, 1.82) is 0 Å². The Morgan fingerprint density at radius 2 is 1.95 bits per heavy atom. The summed E-state index contributed by atoms with van der Waals surface area (Å²) in [5.41, 5.74) is 2.08. The van der Waals surface area contributed by atoms with Crippen molar-refractivity contribution >= 4 is 27.6 Å². The number of nitrogens with one attached hydrogen (secondary N) is 2. The molecule has 0 saturated carbocycles. The number of anilines is 2. The van der Waals surface area contributed by atoms with Crippen molar-refractivity contribution < 1.29 is 4.42 Å². The smallest absolute Gasteiger partial charge is 0.320 e. The monoisotopic (exact) mass is 338 g/mol. The number of aryl methyl sites for hydroxylation is 1. The van der Waals surface area contributed by atoms with Crippen LogP contribution in [0.25, 0.3) is 0 Å². The second kappa shape index (κ2) is 5.93. The summed E-state index contributed by atoms with van der Waals surface area (Å²) < 4.78 is 6.56. The fourth-order valence-corrected chi connectivity index (χ4v) is 2.26. The summed E-state index contributed by atoms with van der Waals surface area (Å²) in [5, 5.41) is 14.4. The van der Waals surface area contributed by atoms with Crippen LogP contribution in [-0.4, -0.2) is 15.7 Å². The normalized spacial score (nSPS) is 11.7. The summed E-state index contributed by atoms with van der Waals surface area (Å²) in [6.07, 6.45) is 0. The molecular weight excluding hydrogens is 320 g/mol. The molecule has 6 heteroatoms. The van der Waals surface area contributed by atoms with Gasteiger partial charge in [0.15, 0.2) is 0 Å². The first kappa shape index (κ1) is 15.0. The molecule has 1 aromatic carbocycles. The topological polar surface area (TPSA) is 63.0 Å². The van der Waals surface area contributed by atoms with E-state index in [4.69, 9.17) is 4.42 Å². The van der Waals surface area contributed by atoms with E-state index in [0.29, 0.717) is 18.5 Å². The summed E-state index contributed by atoms with van der Waals surface area (Å²) in [6.45, 7) is 8.85. The van der Waals surface area contributed by atoms with Gasteiger partial charge in [0.1, 0.15) is 0 Å². The van der Waals surface area contributed by atoms with Crippen molar-refractivity contribution in [3.63, 3.8) is 0 Å². The molecule has 0 fully saturated rings. The summed E-state index contributed by atoms with van der Waals surface area (Å²) in [4.78, 5) is 0. The van der Waals surface area contributed by atoms with Crippen LogP contribution in [-0.2, 0) is 6.54 Å². The SMILES string of the molecule is Cc1cc(Br)cc(Nc2nnc(CNC(C)(C)C)o2)c1. The predicted molar refractivity (Wildman–Crippen MR) is 83.1 cm³/mol. The van der Waals surface area contributed by atoms with Gasteiger partial charge in [-0.3, -0.25) is 0 Å². The molecule has 2 rings (SSSR count). The molecule has 0 spiro atoms. The predicted octanol–water partition coefficient (Wildman–Crippen LogP) is 3.77. The van der Waals surface area contributed by atoms with Gasteiger partial charge < -0.3 is 15.1 Å². The van der Waals surface area contributed by atoms with E-state index < -0.39 is 0 Å². The van der Waals surface area contributed by atoms with E-state index in [1.165, 1.54) is 0 Å². The average Bonchev–Trinajstić information content (AvgIpc) is 2.72. The lowest BCUT2D eigenvalue weighted by molar-refractivity contribution is 0.384. The molecule has 2 aromatic rings. The molecule has 0 amide bonds. The molecule has 5 nitrogen and oxygen atoms in total. The lowest BCUT2D eigenvalue weighted by atomic mass is 10.1. The minimum Gasteiger partial charge on any atom is -0.406 e. The van der Waals surface area contributed by atoms with Gasteiger partial charge in [-0.05, 0) is 51.5 Å². The quantitative estimate of drug-likeness (QED) is 0.888. The summed E-state index contributed by atoms with van der Waals surface area (Å²) in [5.74, 6) is 0.564. The number of aromatic nitrogens is 2. The second-order valence-corrected chi connectivity index (χ2v) is 6.66. The summed E-state index contributed by atoms with van der Waals surface area (Å²) in [6, 6.07) is 6.41. The number of rotatable bonds is 4. The largest absolute Gasteiger partial charge is 0.406 e. The van der Waals surface area contributed by atoms with Crippen LogP contribution in [0.4, 0.5) is 11.7 Å². The number of hydrogen-bond donors (Lipinski definition) is 2. The van der Waals surface area contributed by atoms with Crippen molar-refractivity contribution in [2.24, 2.45) is 0 Å². The number of benzene rings is 1. The van der Waals surface area contributed by atoms with Crippen molar-refractivity contribution in [2.75, 3.05) is 5.32 Å². The number of hydrogen-bond acceptors (Lipinski definition) is 5. The number of halogens is 1. The molecular formula is C14H19BrN4O. The molecule has 0 aliphatic heterocycles. The molecule has 0 aliphatic carbocycles. The molecule has 0 radical (unpaired) electrons. The molecule has 0 saturated heterocycles. The average molecular weight is 339 g/mol. The van der Waals surface area contributed by atoms with Gasteiger partial charge in [-0.25, -0.2) is 0 Å². The van der Waals surface area contributed by atoms with Gasteiger partial charge in [-0.1, -0.05) is 21.0 Å². The van der Waals surface area contributed by atoms with E-state index in [0.717, 1.165) is 15.7 Å². The van der Waals surface area contributed by atoms with E-state index in [9.17, 15) is 0 Å². The van der Waals surface area contributed by atoms with E-state index >= 15 is 0 Å². The van der Waals surface area contributed by atoms with Crippen LogP contribution in [0.3, 0.4) is 0 Å². The first-order valence-electron chi connectivity index (χ1n) is 6.43. The van der Waals surface area contributed by atoms with Gasteiger partial charge >= 0.3 is 6.01 Å². The first-order valence-corrected chi connectivity index (χ1v) is 7.23. The van der Waals surface area contributed by atoms with Crippen LogP contribution in [0.1, 0.15) is 32.2 Å². The molecule has 0 atom stereocenters. The molecule has 2 N–H and O–H groups in total. The van der Waals surface area contributed by atoms with E-state index in [2.05, 4.69) is 57.5 Å². The third-order valence-electron chi connectivity index (χ3n) is 2.53. The van der Waals surface area contributed by atoms with Gasteiger partial charge in [-0.2, -0.15) is 0 Å². The van der Waals surface area contributed by atoms with Gasteiger partial charge in [-0.15, -0.1) is 5.10 Å². The van der Waals surface area contributed by atoms with Gasteiger partial charge in [0.25, 0.3) is 0 Å². The first-order chi connectivity index (χ1) is 9.32. The highest BCUT2D eigenvalue weighted by Crippen LogP contribution is 2.22. The molecule has 108 valence electrons. The van der Waals surface area contributed by atoms with E-state index in [1.807, 2.05) is 25.1 Å². The van der Waals surface area contributed by atoms with Crippen LogP contribution in [0.2, 0.25) is 0 Å². The van der Waals surface area contributed by atoms with E-state index in [-0.39, 0.29) is 5.54 Å². The van der Waals surface area contributed by atoms with Crippen LogP contribution >= 0.6 is 15.9 Å². The summed E-state index contributed by atoms with van der Waals surface area (Å²) in [7, 11) is 0. The Balaban J connectivity index is 2.02. The fraction of sp³-hybridized carbons (Fsp3) is 0.429. The highest BCUT2D eigenvalue weighted by atomic mass is 79.9. The third-order valence-corrected chi connectivity index (χ3v) is 2.99. The minimum absolute atomic E-state index is 0.0173. The van der Waals surface area contributed by atoms with Crippen molar-refractivity contribution in [3.8, 4) is 0 Å². The van der Waals surface area contributed by atoms with Crippen molar-refractivity contribution in [3.05, 3.63) is 34.1 Å². The van der Waals surface area contributed by atoms with Gasteiger partial charge in [0.2, 0.25) is 5.89 Å². The molecule has 0 aliphatic rings. The van der Waals surface area contributed by atoms with Crippen LogP contribution in [0, 0.1) is 6.92 Å². The Morgan fingerprint density at radius 3 is 2.60 bits per heavy atom. The van der Waals surface area contributed by atoms with Gasteiger partial charge in [0, 0.05) is 15.7 Å². The maximum absolute atomic E-state index is 5.55. The lowest BCUT2D eigenvalue weighted by Gasteiger charge is -2.18. The second-order valence-electron chi connectivity index (χ2n) is 5.75. The zero-order valence-corrected chi connectivity index (χ0v) is 13.7. The lowest BCUT2D eigenvalue weighted by Crippen LogP contribution is -2.35. The zero-order valence-electron chi connectivity index (χ0n) is 12.1. The van der Waals surface area contributed by atoms with Crippen LogP contribution in [0.5, 0.6) is 0 Å². The van der Waals surface area contributed by atoms with Crippen LogP contribution in [0.15, 0.2) is 27.1 Å². The van der Waals surface area contributed by atoms with Crippen molar-refractivity contribution in [2.45, 2.75) is 39.8 Å². The molecule has 1 aromatic heterocycles. The fourth-order valence-electron chi connectivity index (χ4n) is 1.65. The molecule has 1 heterocycles. The Hall–Kier alpha value is -1.40. The maximum Gasteiger partial charge on any atom is 0.320 e. The Bertz CT molecular complexity index is 569. The summed E-state index contributed by atoms with van der Waals surface area (Å²) >= 11 is 3.46. The Kier molecular flexibility index (Phi) is 4.45. The minimum atomic E-state index is 0.0173. The molecule has 0 bridgehead atoms. The highest BCUT2D eigenvalue weighted by Gasteiger charge is 2.12. The van der Waals surface area contributed by atoms with Crippen molar-refractivity contribution in [1.82, 2.24) is 15.5 Å². The maximum atomic E-state index is 5.55. The zero-order chi connectivity index (χ0) is 14.8. The molecule has 20 heavy (non-hydrogen) atoms. The molecule has 0 unspecified atom stereocenters. The Labute approximate surface area is 127 Å². The number of nitrogens with zero attached hydrogens (tertiary/aromatic N) is 2. The van der Waals surface area contributed by atoms with Crippen LogP contribution < -0.4 is 10.6 Å². The van der Waals surface area contributed by atoms with E-state index in [1.54, 1.807) is 0 Å². The Morgan fingerprint density at radius 1 is 1.20 bits per heavy atom.